The van der Waals surface area contributed by atoms with Crippen molar-refractivity contribution in [3.63, 3.8) is 0 Å². The Morgan fingerprint density at radius 3 is 0.910 bits per heavy atom. The van der Waals surface area contributed by atoms with Crippen LogP contribution in [0, 0.1) is 0 Å². The Morgan fingerprint density at radius 2 is 0.627 bits per heavy atom. The third-order valence-electron chi connectivity index (χ3n) is 15.1. The van der Waals surface area contributed by atoms with Crippen molar-refractivity contribution in [1.29, 1.82) is 0 Å². The van der Waals surface area contributed by atoms with Gasteiger partial charge in [-0.2, -0.15) is 0 Å². The van der Waals surface area contributed by atoms with Gasteiger partial charge in [0.1, 0.15) is 0 Å². The number of hydrogen-bond acceptors (Lipinski definition) is 0. The predicted octanol–water partition coefficient (Wildman–Crippen LogP) is 18.0. The Labute approximate surface area is 415 Å². The first-order valence-electron chi connectivity index (χ1n) is 28.8. The molecule has 0 spiro atoms. The summed E-state index contributed by atoms with van der Waals surface area (Å²) >= 11 is 0. The van der Waals surface area contributed by atoms with Crippen molar-refractivity contribution < 1.29 is 0 Å². The van der Waals surface area contributed by atoms with E-state index in [0.29, 0.717) is 5.54 Å². The molecule has 5 rings (SSSR count). The summed E-state index contributed by atoms with van der Waals surface area (Å²) in [4.78, 5) is 0. The van der Waals surface area contributed by atoms with Crippen LogP contribution in [0.25, 0.3) is 0 Å². The van der Waals surface area contributed by atoms with Gasteiger partial charge in [-0.3, -0.25) is 0 Å². The third-order valence-corrected chi connectivity index (χ3v) is 20.1. The van der Waals surface area contributed by atoms with E-state index in [1.54, 1.807) is 48.9 Å². The quantitative estimate of drug-likeness (QED) is 0.0242. The highest BCUT2D eigenvalue weighted by atomic mass is 28.3. The lowest BCUT2D eigenvalue weighted by Gasteiger charge is -2.39. The molecule has 0 fully saturated rings. The fourth-order valence-corrected chi connectivity index (χ4v) is 16.7. The maximum Gasteiger partial charge on any atom is 0.158 e. The first-order valence-corrected chi connectivity index (χ1v) is 30.9. The van der Waals surface area contributed by atoms with Gasteiger partial charge >= 0.3 is 0 Å². The molecule has 0 saturated carbocycles. The summed E-state index contributed by atoms with van der Waals surface area (Å²) in [5.41, 5.74) is 12.8. The molecule has 1 unspecified atom stereocenters. The van der Waals surface area contributed by atoms with Crippen LogP contribution in [0.15, 0.2) is 109 Å². The van der Waals surface area contributed by atoms with Crippen molar-refractivity contribution in [1.82, 2.24) is 0 Å². The molecule has 0 bridgehead atoms. The number of unbranched alkanes of at least 4 members (excludes halogenated alkanes) is 18. The highest BCUT2D eigenvalue weighted by Gasteiger charge is 2.47. The van der Waals surface area contributed by atoms with Crippen LogP contribution in [0.1, 0.15) is 235 Å². The van der Waals surface area contributed by atoms with Gasteiger partial charge in [0.05, 0.1) is 0 Å². The molecule has 1 heteroatoms. The molecule has 0 nitrogen and oxygen atoms in total. The second kappa shape index (κ2) is 31.7. The Kier molecular flexibility index (Phi) is 25.8. The van der Waals surface area contributed by atoms with Gasteiger partial charge in [-0.25, -0.2) is 0 Å². The minimum absolute atomic E-state index is 0.334. The summed E-state index contributed by atoms with van der Waals surface area (Å²) in [6.45, 7) is 14.1. The lowest BCUT2D eigenvalue weighted by Crippen LogP contribution is -2.69. The Balaban J connectivity index is 1.86. The monoisotopic (exact) mass is 919 g/mol. The largest absolute Gasteiger partial charge is 0.158 e. The summed E-state index contributed by atoms with van der Waals surface area (Å²) in [7, 11) is -2.83. The Hall–Kier alpha value is -3.42. The Bertz CT molecular complexity index is 1750. The number of benzene rings is 4. The van der Waals surface area contributed by atoms with Crippen LogP contribution in [0.4, 0.5) is 0 Å². The van der Waals surface area contributed by atoms with E-state index in [-0.39, 0.29) is 0 Å². The van der Waals surface area contributed by atoms with Crippen LogP contribution in [-0.4, -0.2) is 8.07 Å². The molecule has 4 aromatic rings. The van der Waals surface area contributed by atoms with Crippen molar-refractivity contribution in [3.05, 3.63) is 148 Å². The average Bonchev–Trinajstić information content (AvgIpc) is 3.81. The molecule has 0 N–H and O–H groups in total. The number of hydrogen-bond donors (Lipinski definition) is 0. The van der Waals surface area contributed by atoms with Crippen molar-refractivity contribution in [2.75, 3.05) is 0 Å². The number of rotatable bonds is 36. The van der Waals surface area contributed by atoms with Crippen LogP contribution in [-0.2, 0) is 44.9 Å². The second-order valence-electron chi connectivity index (χ2n) is 21.1. The molecule has 67 heavy (non-hydrogen) atoms. The third kappa shape index (κ3) is 17.8. The van der Waals surface area contributed by atoms with E-state index in [2.05, 4.69) is 145 Å². The smallest absolute Gasteiger partial charge is 0.0790 e. The maximum atomic E-state index is 2.80. The molecule has 0 saturated heterocycles. The maximum absolute atomic E-state index is 2.83. The first kappa shape index (κ1) is 54.5. The van der Waals surface area contributed by atoms with Gasteiger partial charge in [0, 0.05) is 5.54 Å². The van der Waals surface area contributed by atoms with Crippen LogP contribution in [0.5, 0.6) is 0 Å². The molecular weight excluding hydrogens is 821 g/mol. The molecule has 4 aromatic carbocycles. The van der Waals surface area contributed by atoms with Crippen LogP contribution in [0.3, 0.4) is 0 Å². The summed E-state index contributed by atoms with van der Waals surface area (Å²) in [6.07, 6.45) is 47.6. The van der Waals surface area contributed by atoms with Crippen molar-refractivity contribution in [2.24, 2.45) is 0 Å². The molecular formula is C66H98Si. The molecule has 1 atom stereocenters. The molecule has 366 valence electrons. The summed E-state index contributed by atoms with van der Waals surface area (Å²) in [5, 5.41) is 5.04. The minimum atomic E-state index is -2.83. The summed E-state index contributed by atoms with van der Waals surface area (Å²) in [6, 6.07) is 36.1. The highest BCUT2D eigenvalue weighted by molar-refractivity contribution is 7.13. The van der Waals surface area contributed by atoms with E-state index in [4.69, 9.17) is 0 Å². The van der Waals surface area contributed by atoms with Crippen molar-refractivity contribution >= 4 is 23.6 Å². The van der Waals surface area contributed by atoms with Gasteiger partial charge in [0.25, 0.3) is 0 Å². The Morgan fingerprint density at radius 1 is 0.328 bits per heavy atom. The zero-order valence-electron chi connectivity index (χ0n) is 44.3. The normalized spacial score (nSPS) is 13.8. The SMILES string of the molecule is CCCCCCc1cc(CCCCCC)cc([Si](c2cc(CCCCCC)cc(CCCCCC)c2)(c2cc(CCCCCC)cc(CCCCCC)c2)C2C=CC(Cc3ccccc3)=C2)c1. The molecule has 0 aromatic heterocycles. The van der Waals surface area contributed by atoms with Gasteiger partial charge in [0.2, 0.25) is 0 Å². The van der Waals surface area contributed by atoms with Gasteiger partial charge in [-0.15, -0.1) is 0 Å². The van der Waals surface area contributed by atoms with Crippen molar-refractivity contribution in [2.45, 2.75) is 246 Å². The van der Waals surface area contributed by atoms with E-state index < -0.39 is 8.07 Å². The molecule has 0 heterocycles. The summed E-state index contributed by atoms with van der Waals surface area (Å²) in [5.74, 6) is 0. The van der Waals surface area contributed by atoms with Crippen molar-refractivity contribution in [3.8, 4) is 0 Å². The van der Waals surface area contributed by atoms with E-state index in [0.717, 1.165) is 6.42 Å². The topological polar surface area (TPSA) is 0 Å². The van der Waals surface area contributed by atoms with Gasteiger partial charge in [0.15, 0.2) is 8.07 Å². The molecule has 0 radical (unpaired) electrons. The fourth-order valence-electron chi connectivity index (χ4n) is 11.2. The van der Waals surface area contributed by atoms with Gasteiger partial charge in [-0.05, 0) is 144 Å². The van der Waals surface area contributed by atoms with E-state index in [1.165, 1.54) is 204 Å². The van der Waals surface area contributed by atoms with Crippen LogP contribution in [0.2, 0.25) is 5.54 Å². The number of allylic oxidation sites excluding steroid dienone is 4. The van der Waals surface area contributed by atoms with Gasteiger partial charge in [-0.1, -0.05) is 260 Å². The van der Waals surface area contributed by atoms with E-state index >= 15 is 0 Å². The average molecular weight is 920 g/mol. The zero-order chi connectivity index (χ0) is 47.4. The van der Waals surface area contributed by atoms with Crippen LogP contribution >= 0.6 is 0 Å². The summed E-state index contributed by atoms with van der Waals surface area (Å²) < 4.78 is 0. The lowest BCUT2D eigenvalue weighted by molar-refractivity contribution is 0.661. The zero-order valence-corrected chi connectivity index (χ0v) is 45.3. The molecule has 1 aliphatic carbocycles. The predicted molar refractivity (Wildman–Crippen MR) is 302 cm³/mol. The first-order chi connectivity index (χ1) is 33.0. The standard InChI is InChI=1S/C66H98Si/c1-7-13-19-26-36-56-45-57(37-27-20-14-8-2)50-64(49-56)67(63-43-42-62(48-63)44-55-34-32-25-33-35-55,65-51-58(38-28-21-15-9-3)46-59(52-65)39-29-22-16-10-4)66-53-60(40-30-23-17-11-5)47-61(54-66)41-31-24-18-12-6/h25,32-35,42-43,45-54,63H,7-24,26-31,36-41,44H2,1-6H3. The number of aryl methyl sites for hydroxylation is 6. The van der Waals surface area contributed by atoms with E-state index in [9.17, 15) is 0 Å². The fraction of sp³-hybridized carbons (Fsp3) is 0.576. The van der Waals surface area contributed by atoms with Gasteiger partial charge < -0.3 is 0 Å². The van der Waals surface area contributed by atoms with Crippen LogP contribution < -0.4 is 15.6 Å². The molecule has 1 aliphatic rings. The molecule has 0 amide bonds. The highest BCUT2D eigenvalue weighted by Crippen LogP contribution is 2.35. The lowest BCUT2D eigenvalue weighted by atomic mass is 10.00. The minimum Gasteiger partial charge on any atom is -0.0790 e. The second-order valence-corrected chi connectivity index (χ2v) is 25.1. The molecule has 0 aliphatic heterocycles. The van der Waals surface area contributed by atoms with E-state index in [1.807, 2.05) is 0 Å².